The molecule has 0 aliphatic carbocycles. The van der Waals surface area contributed by atoms with Crippen molar-refractivity contribution in [2.45, 2.75) is 43.6 Å². The molecule has 168 valence electrons. The first-order valence-electron chi connectivity index (χ1n) is 10.3. The SMILES string of the molecule is CCCCOc1ccc(C(=O)Nc2ccc(S(=O)(=O)NCC3CCCO3)cc2)cc1Br. The molecule has 2 N–H and O–H groups in total. The molecule has 1 saturated heterocycles. The van der Waals surface area contributed by atoms with E-state index in [1.165, 1.54) is 12.1 Å². The van der Waals surface area contributed by atoms with E-state index in [-0.39, 0.29) is 23.5 Å². The van der Waals surface area contributed by atoms with Gasteiger partial charge in [0.2, 0.25) is 10.0 Å². The molecule has 1 heterocycles. The maximum atomic E-state index is 12.6. The number of hydrogen-bond donors (Lipinski definition) is 2. The molecule has 1 aliphatic rings. The summed E-state index contributed by atoms with van der Waals surface area (Å²) in [4.78, 5) is 12.7. The third-order valence-electron chi connectivity index (χ3n) is 4.90. The smallest absolute Gasteiger partial charge is 0.255 e. The van der Waals surface area contributed by atoms with Crippen molar-refractivity contribution in [3.8, 4) is 5.75 Å². The van der Waals surface area contributed by atoms with Gasteiger partial charge in [0.15, 0.2) is 0 Å². The second-order valence-corrected chi connectivity index (χ2v) is 9.93. The van der Waals surface area contributed by atoms with Gasteiger partial charge in [-0.3, -0.25) is 4.79 Å². The fraction of sp³-hybridized carbons (Fsp3) is 0.409. The molecule has 0 radical (unpaired) electrons. The molecule has 7 nitrogen and oxygen atoms in total. The van der Waals surface area contributed by atoms with E-state index >= 15 is 0 Å². The number of rotatable bonds is 10. The van der Waals surface area contributed by atoms with E-state index in [9.17, 15) is 13.2 Å². The van der Waals surface area contributed by atoms with Crippen molar-refractivity contribution < 1.29 is 22.7 Å². The number of sulfonamides is 1. The number of carbonyl (C=O) groups is 1. The van der Waals surface area contributed by atoms with E-state index in [0.717, 1.165) is 25.7 Å². The predicted molar refractivity (Wildman–Crippen MR) is 123 cm³/mol. The second-order valence-electron chi connectivity index (χ2n) is 7.31. The zero-order chi connectivity index (χ0) is 22.3. The van der Waals surface area contributed by atoms with E-state index in [2.05, 4.69) is 32.9 Å². The Bertz CT molecular complexity index is 989. The van der Waals surface area contributed by atoms with Gasteiger partial charge in [0, 0.05) is 24.4 Å². The second kappa shape index (κ2) is 11.1. The normalized spacial score (nSPS) is 16.3. The molecule has 0 saturated carbocycles. The first-order chi connectivity index (χ1) is 14.9. The lowest BCUT2D eigenvalue weighted by Crippen LogP contribution is -2.31. The van der Waals surface area contributed by atoms with Gasteiger partial charge in [-0.1, -0.05) is 13.3 Å². The van der Waals surface area contributed by atoms with Crippen LogP contribution in [-0.4, -0.2) is 40.2 Å². The number of halogens is 1. The van der Waals surface area contributed by atoms with E-state index in [0.29, 0.717) is 34.7 Å². The van der Waals surface area contributed by atoms with Crippen molar-refractivity contribution in [1.29, 1.82) is 0 Å². The van der Waals surface area contributed by atoms with Crippen LogP contribution in [0.4, 0.5) is 5.69 Å². The Hall–Kier alpha value is -1.94. The first-order valence-corrected chi connectivity index (χ1v) is 12.6. The van der Waals surface area contributed by atoms with Crippen LogP contribution in [0.3, 0.4) is 0 Å². The number of hydrogen-bond acceptors (Lipinski definition) is 5. The van der Waals surface area contributed by atoms with Gasteiger partial charge in [0.25, 0.3) is 5.91 Å². The number of unbranched alkanes of at least 4 members (excludes halogenated alkanes) is 1. The van der Waals surface area contributed by atoms with E-state index in [1.54, 1.807) is 30.3 Å². The summed E-state index contributed by atoms with van der Waals surface area (Å²) in [7, 11) is -3.63. The zero-order valence-electron chi connectivity index (χ0n) is 17.4. The number of carbonyl (C=O) groups excluding carboxylic acids is 1. The maximum Gasteiger partial charge on any atom is 0.255 e. The lowest BCUT2D eigenvalue weighted by molar-refractivity contribution is 0.102. The molecule has 0 bridgehead atoms. The number of benzene rings is 2. The van der Waals surface area contributed by atoms with Crippen LogP contribution in [0.1, 0.15) is 43.0 Å². The number of anilines is 1. The van der Waals surface area contributed by atoms with Crippen molar-refractivity contribution in [2.24, 2.45) is 0 Å². The summed E-state index contributed by atoms with van der Waals surface area (Å²) < 4.78 is 39.3. The fourth-order valence-corrected chi connectivity index (χ4v) is 4.66. The van der Waals surface area contributed by atoms with E-state index in [1.807, 2.05) is 0 Å². The molecule has 2 aromatic carbocycles. The highest BCUT2D eigenvalue weighted by atomic mass is 79.9. The van der Waals surface area contributed by atoms with Gasteiger partial charge < -0.3 is 14.8 Å². The van der Waals surface area contributed by atoms with Gasteiger partial charge in [0.1, 0.15) is 5.75 Å². The first kappa shape index (κ1) is 23.7. The standard InChI is InChI=1S/C22H27BrN2O5S/c1-2-3-12-30-21-11-6-16(14-20(21)23)22(26)25-17-7-9-19(10-8-17)31(27,28)24-15-18-5-4-13-29-18/h6-11,14,18,24H,2-5,12-13,15H2,1H3,(H,25,26). The molecule has 2 aromatic rings. The third-order valence-corrected chi connectivity index (χ3v) is 6.96. The monoisotopic (exact) mass is 510 g/mol. The van der Waals surface area contributed by atoms with Gasteiger partial charge >= 0.3 is 0 Å². The number of nitrogens with one attached hydrogen (secondary N) is 2. The zero-order valence-corrected chi connectivity index (χ0v) is 19.8. The minimum atomic E-state index is -3.63. The lowest BCUT2D eigenvalue weighted by atomic mass is 10.2. The Morgan fingerprint density at radius 2 is 2.00 bits per heavy atom. The van der Waals surface area contributed by atoms with Crippen molar-refractivity contribution >= 4 is 37.5 Å². The Labute approximate surface area is 191 Å². The molecular weight excluding hydrogens is 484 g/mol. The van der Waals surface area contributed by atoms with Crippen molar-refractivity contribution in [2.75, 3.05) is 25.1 Å². The van der Waals surface area contributed by atoms with E-state index in [4.69, 9.17) is 9.47 Å². The van der Waals surface area contributed by atoms with Crippen LogP contribution in [-0.2, 0) is 14.8 Å². The summed E-state index contributed by atoms with van der Waals surface area (Å²) in [6, 6.07) is 11.2. The Morgan fingerprint density at radius 3 is 2.65 bits per heavy atom. The summed E-state index contributed by atoms with van der Waals surface area (Å²) in [6.07, 6.45) is 3.74. The highest BCUT2D eigenvalue weighted by molar-refractivity contribution is 9.10. The Balaban J connectivity index is 1.58. The molecule has 9 heteroatoms. The predicted octanol–water partition coefficient (Wildman–Crippen LogP) is 4.34. The molecular formula is C22H27BrN2O5S. The Kier molecular flexibility index (Phi) is 8.48. The molecule has 31 heavy (non-hydrogen) atoms. The molecule has 1 aliphatic heterocycles. The van der Waals surface area contributed by atoms with Gasteiger partial charge in [-0.05, 0) is 77.7 Å². The minimum absolute atomic E-state index is 0.0731. The van der Waals surface area contributed by atoms with Crippen LogP contribution in [0.2, 0.25) is 0 Å². The molecule has 1 atom stereocenters. The molecule has 1 fully saturated rings. The topological polar surface area (TPSA) is 93.7 Å². The molecule has 3 rings (SSSR count). The van der Waals surface area contributed by atoms with Crippen molar-refractivity contribution in [3.63, 3.8) is 0 Å². The molecule has 0 spiro atoms. The summed E-state index contributed by atoms with van der Waals surface area (Å²) in [6.45, 7) is 3.65. The van der Waals surface area contributed by atoms with Crippen LogP contribution < -0.4 is 14.8 Å². The highest BCUT2D eigenvalue weighted by Crippen LogP contribution is 2.27. The number of amides is 1. The number of ether oxygens (including phenoxy) is 2. The van der Waals surface area contributed by atoms with Gasteiger partial charge in [-0.15, -0.1) is 0 Å². The largest absolute Gasteiger partial charge is 0.492 e. The van der Waals surface area contributed by atoms with Gasteiger partial charge in [-0.2, -0.15) is 0 Å². The van der Waals surface area contributed by atoms with Crippen molar-refractivity contribution in [3.05, 3.63) is 52.5 Å². The quantitative estimate of drug-likeness (QED) is 0.463. The Morgan fingerprint density at radius 1 is 1.23 bits per heavy atom. The maximum absolute atomic E-state index is 12.6. The fourth-order valence-electron chi connectivity index (χ4n) is 3.10. The third kappa shape index (κ3) is 6.77. The van der Waals surface area contributed by atoms with Gasteiger partial charge in [-0.25, -0.2) is 13.1 Å². The molecule has 1 amide bonds. The molecule has 1 unspecified atom stereocenters. The summed E-state index contributed by atoms with van der Waals surface area (Å²) in [5, 5.41) is 2.78. The lowest BCUT2D eigenvalue weighted by Gasteiger charge is -2.12. The van der Waals surface area contributed by atoms with Crippen LogP contribution in [0.5, 0.6) is 5.75 Å². The average molecular weight is 511 g/mol. The van der Waals surface area contributed by atoms with Crippen LogP contribution >= 0.6 is 15.9 Å². The minimum Gasteiger partial charge on any atom is -0.492 e. The van der Waals surface area contributed by atoms with E-state index < -0.39 is 10.0 Å². The van der Waals surface area contributed by atoms with Gasteiger partial charge in [0.05, 0.1) is 22.1 Å². The van der Waals surface area contributed by atoms with Crippen LogP contribution in [0.25, 0.3) is 0 Å². The average Bonchev–Trinajstić information content (AvgIpc) is 3.28. The van der Waals surface area contributed by atoms with Crippen molar-refractivity contribution in [1.82, 2.24) is 4.72 Å². The van der Waals surface area contributed by atoms with Crippen LogP contribution in [0.15, 0.2) is 51.8 Å². The molecule has 0 aromatic heterocycles. The summed E-state index contributed by atoms with van der Waals surface area (Å²) in [5.74, 6) is 0.392. The highest BCUT2D eigenvalue weighted by Gasteiger charge is 2.20. The van der Waals surface area contributed by atoms with Crippen LogP contribution in [0, 0.1) is 0 Å². The summed E-state index contributed by atoms with van der Waals surface area (Å²) >= 11 is 3.44. The summed E-state index contributed by atoms with van der Waals surface area (Å²) in [5.41, 5.74) is 0.965.